The molecule has 1 atom stereocenters. The lowest BCUT2D eigenvalue weighted by atomic mass is 9.82. The quantitative estimate of drug-likeness (QED) is 0.292. The van der Waals surface area contributed by atoms with Gasteiger partial charge in [0.25, 0.3) is 0 Å². The Balaban J connectivity index is 2.18. The number of carbonyl (C=O) groups is 2. The van der Waals surface area contributed by atoms with Gasteiger partial charge in [0.2, 0.25) is 11.8 Å². The van der Waals surface area contributed by atoms with Crippen LogP contribution >= 0.6 is 0 Å². The highest BCUT2D eigenvalue weighted by Gasteiger charge is 2.48. The summed E-state index contributed by atoms with van der Waals surface area (Å²) in [6.45, 7) is 0.942. The van der Waals surface area contributed by atoms with Crippen LogP contribution in [-0.4, -0.2) is 40.8 Å². The summed E-state index contributed by atoms with van der Waals surface area (Å²) in [4.78, 5) is 25.8. The minimum absolute atomic E-state index is 0.0128. The van der Waals surface area contributed by atoms with Crippen LogP contribution in [0, 0.1) is 11.3 Å². The lowest BCUT2D eigenvalue weighted by Gasteiger charge is -2.37. The van der Waals surface area contributed by atoms with Gasteiger partial charge in [0.05, 0.1) is 5.92 Å². The molecule has 0 bridgehead atoms. The molecule has 1 saturated carbocycles. The van der Waals surface area contributed by atoms with E-state index in [1.54, 1.807) is 4.90 Å². The Bertz CT molecular complexity index is 429. The van der Waals surface area contributed by atoms with E-state index in [0.29, 0.717) is 25.9 Å². The zero-order chi connectivity index (χ0) is 14.8. The van der Waals surface area contributed by atoms with E-state index in [2.05, 4.69) is 5.16 Å². The predicted molar refractivity (Wildman–Crippen MR) is 72.8 cm³/mol. The summed E-state index contributed by atoms with van der Waals surface area (Å²) >= 11 is 0. The zero-order valence-electron chi connectivity index (χ0n) is 11.5. The molecule has 1 aliphatic heterocycles. The first kappa shape index (κ1) is 14.6. The van der Waals surface area contributed by atoms with Crippen LogP contribution in [0.25, 0.3) is 0 Å². The van der Waals surface area contributed by atoms with E-state index in [9.17, 15) is 9.59 Å². The third-order valence-corrected chi connectivity index (χ3v) is 4.58. The molecule has 2 fully saturated rings. The van der Waals surface area contributed by atoms with Crippen LogP contribution in [0.2, 0.25) is 0 Å². The SMILES string of the molecule is NC(=O)C1CCCN(C(=O)C2(C(N)=NO)CCCC2)C1. The maximum absolute atomic E-state index is 12.8. The largest absolute Gasteiger partial charge is 0.409 e. The van der Waals surface area contributed by atoms with Crippen LogP contribution in [0.4, 0.5) is 0 Å². The van der Waals surface area contributed by atoms with E-state index in [1.807, 2.05) is 0 Å². The minimum atomic E-state index is -0.895. The molecule has 112 valence electrons. The predicted octanol–water partition coefficient (Wildman–Crippen LogP) is 0.0171. The van der Waals surface area contributed by atoms with Gasteiger partial charge in [-0.25, -0.2) is 0 Å². The summed E-state index contributed by atoms with van der Waals surface area (Å²) in [5.74, 6) is -0.803. The van der Waals surface area contributed by atoms with Crippen molar-refractivity contribution in [3.63, 3.8) is 0 Å². The number of hydrogen-bond donors (Lipinski definition) is 3. The standard InChI is InChI=1S/C13H22N4O3/c14-10(18)9-4-3-7-17(8-9)12(19)13(11(15)16-20)5-1-2-6-13/h9,20H,1-8H2,(H2,14,18)(H2,15,16). The monoisotopic (exact) mass is 282 g/mol. The Labute approximate surface area is 118 Å². The van der Waals surface area contributed by atoms with E-state index in [-0.39, 0.29) is 23.6 Å². The second-order valence-electron chi connectivity index (χ2n) is 5.77. The van der Waals surface area contributed by atoms with Crippen molar-refractivity contribution in [3.05, 3.63) is 0 Å². The van der Waals surface area contributed by atoms with Gasteiger partial charge in [-0.2, -0.15) is 0 Å². The molecule has 0 aromatic carbocycles. The van der Waals surface area contributed by atoms with Crippen molar-refractivity contribution >= 4 is 17.6 Å². The van der Waals surface area contributed by atoms with Crippen LogP contribution in [-0.2, 0) is 9.59 Å². The van der Waals surface area contributed by atoms with E-state index < -0.39 is 5.41 Å². The van der Waals surface area contributed by atoms with Gasteiger partial charge in [-0.05, 0) is 25.7 Å². The number of oxime groups is 1. The van der Waals surface area contributed by atoms with Crippen LogP contribution in [0.15, 0.2) is 5.16 Å². The third kappa shape index (κ3) is 2.44. The third-order valence-electron chi connectivity index (χ3n) is 4.58. The maximum atomic E-state index is 12.8. The lowest BCUT2D eigenvalue weighted by molar-refractivity contribution is -0.141. The minimum Gasteiger partial charge on any atom is -0.409 e. The summed E-state index contributed by atoms with van der Waals surface area (Å²) in [6.07, 6.45) is 4.43. The summed E-state index contributed by atoms with van der Waals surface area (Å²) in [5, 5.41) is 12.0. The van der Waals surface area contributed by atoms with Crippen molar-refractivity contribution < 1.29 is 14.8 Å². The Morgan fingerprint density at radius 1 is 1.20 bits per heavy atom. The number of primary amides is 1. The molecule has 0 aromatic rings. The molecular formula is C13H22N4O3. The zero-order valence-corrected chi connectivity index (χ0v) is 11.5. The highest BCUT2D eigenvalue weighted by atomic mass is 16.4. The van der Waals surface area contributed by atoms with Gasteiger partial charge in [0.1, 0.15) is 5.41 Å². The fraction of sp³-hybridized carbons (Fsp3) is 0.769. The molecule has 20 heavy (non-hydrogen) atoms. The van der Waals surface area contributed by atoms with Crippen LogP contribution in [0.5, 0.6) is 0 Å². The van der Waals surface area contributed by atoms with Gasteiger partial charge in [0.15, 0.2) is 5.84 Å². The van der Waals surface area contributed by atoms with Crippen LogP contribution in [0.1, 0.15) is 38.5 Å². The Kier molecular flexibility index (Phi) is 4.15. The van der Waals surface area contributed by atoms with Crippen molar-refractivity contribution in [2.24, 2.45) is 28.0 Å². The topological polar surface area (TPSA) is 122 Å². The molecule has 1 unspecified atom stereocenters. The van der Waals surface area contributed by atoms with Gasteiger partial charge in [-0.1, -0.05) is 18.0 Å². The molecule has 7 heteroatoms. The van der Waals surface area contributed by atoms with E-state index >= 15 is 0 Å². The van der Waals surface area contributed by atoms with Crippen LogP contribution < -0.4 is 11.5 Å². The summed E-state index contributed by atoms with van der Waals surface area (Å²) in [5.41, 5.74) is 10.2. The first-order valence-corrected chi connectivity index (χ1v) is 7.08. The molecule has 1 saturated heterocycles. The van der Waals surface area contributed by atoms with Gasteiger partial charge >= 0.3 is 0 Å². The van der Waals surface area contributed by atoms with E-state index in [4.69, 9.17) is 16.7 Å². The average molecular weight is 282 g/mol. The molecule has 7 nitrogen and oxygen atoms in total. The van der Waals surface area contributed by atoms with Crippen molar-refractivity contribution in [2.45, 2.75) is 38.5 Å². The lowest BCUT2D eigenvalue weighted by Crippen LogP contribution is -2.53. The Hall–Kier alpha value is -1.79. The molecule has 5 N–H and O–H groups in total. The van der Waals surface area contributed by atoms with Gasteiger partial charge in [-0.15, -0.1) is 0 Å². The number of carbonyl (C=O) groups excluding carboxylic acids is 2. The number of nitrogens with two attached hydrogens (primary N) is 2. The van der Waals surface area contributed by atoms with Gasteiger partial charge in [0, 0.05) is 13.1 Å². The fourth-order valence-corrected chi connectivity index (χ4v) is 3.35. The number of amides is 2. The normalized spacial score (nSPS) is 26.5. The average Bonchev–Trinajstić information content (AvgIpc) is 2.96. The molecule has 0 spiro atoms. The fourth-order valence-electron chi connectivity index (χ4n) is 3.35. The molecule has 1 aliphatic carbocycles. The number of hydrogen-bond acceptors (Lipinski definition) is 4. The highest BCUT2D eigenvalue weighted by molar-refractivity contribution is 6.07. The van der Waals surface area contributed by atoms with Crippen molar-refractivity contribution in [3.8, 4) is 0 Å². The molecule has 0 radical (unpaired) electrons. The molecule has 2 rings (SSSR count). The molecule has 2 aliphatic rings. The summed E-state index contributed by atoms with van der Waals surface area (Å²) in [7, 11) is 0. The number of likely N-dealkylation sites (tertiary alicyclic amines) is 1. The highest BCUT2D eigenvalue weighted by Crippen LogP contribution is 2.40. The number of amidine groups is 1. The summed E-state index contributed by atoms with van der Waals surface area (Å²) < 4.78 is 0. The number of piperidine rings is 1. The second kappa shape index (κ2) is 5.68. The second-order valence-corrected chi connectivity index (χ2v) is 5.77. The molecular weight excluding hydrogens is 260 g/mol. The summed E-state index contributed by atoms with van der Waals surface area (Å²) in [6, 6.07) is 0. The molecule has 1 heterocycles. The number of rotatable bonds is 3. The first-order valence-electron chi connectivity index (χ1n) is 7.08. The number of nitrogens with zero attached hydrogens (tertiary/aromatic N) is 2. The smallest absolute Gasteiger partial charge is 0.236 e. The first-order chi connectivity index (χ1) is 9.51. The molecule has 0 aromatic heterocycles. The Morgan fingerprint density at radius 2 is 1.85 bits per heavy atom. The van der Waals surface area contributed by atoms with Crippen molar-refractivity contribution in [1.29, 1.82) is 0 Å². The van der Waals surface area contributed by atoms with Crippen LogP contribution in [0.3, 0.4) is 0 Å². The van der Waals surface area contributed by atoms with E-state index in [1.165, 1.54) is 0 Å². The van der Waals surface area contributed by atoms with Gasteiger partial charge < -0.3 is 21.6 Å². The Morgan fingerprint density at radius 3 is 2.40 bits per heavy atom. The van der Waals surface area contributed by atoms with Crippen molar-refractivity contribution in [1.82, 2.24) is 4.90 Å². The van der Waals surface area contributed by atoms with E-state index in [0.717, 1.165) is 25.7 Å². The molecule has 2 amide bonds. The van der Waals surface area contributed by atoms with Crippen molar-refractivity contribution in [2.75, 3.05) is 13.1 Å². The maximum Gasteiger partial charge on any atom is 0.236 e. The van der Waals surface area contributed by atoms with Gasteiger partial charge in [-0.3, -0.25) is 9.59 Å².